The Kier molecular flexibility index (Phi) is 7.22. The molecule has 0 N–H and O–H groups in total. The van der Waals surface area contributed by atoms with Gasteiger partial charge >= 0.3 is 5.69 Å². The monoisotopic (exact) mass is 462 g/mol. The fourth-order valence-corrected chi connectivity index (χ4v) is 4.83. The zero-order chi connectivity index (χ0) is 24.2. The van der Waals surface area contributed by atoms with Crippen molar-refractivity contribution >= 4 is 11.5 Å². The fourth-order valence-electron chi connectivity index (χ4n) is 4.83. The maximum atomic E-state index is 13.6. The number of benzene rings is 2. The lowest BCUT2D eigenvalue weighted by Crippen LogP contribution is -2.46. The van der Waals surface area contributed by atoms with Crippen LogP contribution in [0.15, 0.2) is 53.3 Å². The number of aromatic nitrogens is 2. The van der Waals surface area contributed by atoms with Gasteiger partial charge in [0.05, 0.1) is 12.8 Å². The number of ether oxygens (including phenoxy) is 1. The van der Waals surface area contributed by atoms with Gasteiger partial charge in [0, 0.05) is 57.1 Å². The third kappa shape index (κ3) is 4.53. The molecule has 1 aromatic heterocycles. The van der Waals surface area contributed by atoms with E-state index in [-0.39, 0.29) is 11.5 Å². The highest BCUT2D eigenvalue weighted by Crippen LogP contribution is 2.23. The van der Waals surface area contributed by atoms with Crippen LogP contribution < -0.4 is 15.3 Å². The Hall–Kier alpha value is -3.32. The third-order valence-corrected chi connectivity index (χ3v) is 6.73. The van der Waals surface area contributed by atoms with Crippen molar-refractivity contribution in [2.75, 3.05) is 38.2 Å². The van der Waals surface area contributed by atoms with Crippen molar-refractivity contribution in [1.82, 2.24) is 14.0 Å². The topological polar surface area (TPSA) is 59.7 Å². The highest BCUT2D eigenvalue weighted by molar-refractivity contribution is 6.08. The molecule has 1 aliphatic rings. The van der Waals surface area contributed by atoms with Crippen LogP contribution in [0.4, 0.5) is 5.69 Å². The van der Waals surface area contributed by atoms with Gasteiger partial charge in [-0.3, -0.25) is 18.8 Å². The van der Waals surface area contributed by atoms with Gasteiger partial charge < -0.3 is 9.64 Å². The SMILES string of the molecule is CCn1c(CN2CCN(c3ccccc3C)CC2)c(C(=O)c2ccc(OC)cc2)n(CC)c1=O. The lowest BCUT2D eigenvalue weighted by molar-refractivity contribution is 0.102. The first-order chi connectivity index (χ1) is 16.5. The van der Waals surface area contributed by atoms with E-state index in [0.717, 1.165) is 31.9 Å². The van der Waals surface area contributed by atoms with E-state index >= 15 is 0 Å². The van der Waals surface area contributed by atoms with Gasteiger partial charge in [-0.15, -0.1) is 0 Å². The average molecular weight is 463 g/mol. The molecule has 180 valence electrons. The highest BCUT2D eigenvalue weighted by Gasteiger charge is 2.27. The summed E-state index contributed by atoms with van der Waals surface area (Å²) in [6.45, 7) is 11.2. The molecule has 2 aromatic carbocycles. The normalized spacial score (nSPS) is 14.4. The summed E-state index contributed by atoms with van der Waals surface area (Å²) in [6, 6.07) is 15.6. The number of anilines is 1. The number of imidazole rings is 1. The molecule has 0 amide bonds. The van der Waals surface area contributed by atoms with Crippen molar-refractivity contribution in [3.63, 3.8) is 0 Å². The first kappa shape index (κ1) is 23.8. The van der Waals surface area contributed by atoms with Crippen molar-refractivity contribution in [2.24, 2.45) is 0 Å². The average Bonchev–Trinajstić information content (AvgIpc) is 3.14. The molecule has 0 saturated carbocycles. The molecule has 1 aliphatic heterocycles. The molecule has 1 saturated heterocycles. The molecule has 0 radical (unpaired) electrons. The van der Waals surface area contributed by atoms with E-state index < -0.39 is 0 Å². The molecule has 0 aliphatic carbocycles. The smallest absolute Gasteiger partial charge is 0.328 e. The summed E-state index contributed by atoms with van der Waals surface area (Å²) in [5, 5.41) is 0. The maximum absolute atomic E-state index is 13.6. The van der Waals surface area contributed by atoms with Crippen LogP contribution in [-0.4, -0.2) is 53.1 Å². The van der Waals surface area contributed by atoms with Crippen molar-refractivity contribution in [3.8, 4) is 5.75 Å². The Labute approximate surface area is 201 Å². The minimum atomic E-state index is -0.123. The quantitative estimate of drug-likeness (QED) is 0.479. The van der Waals surface area contributed by atoms with E-state index in [2.05, 4.69) is 41.0 Å². The zero-order valence-electron chi connectivity index (χ0n) is 20.6. The fraction of sp³-hybridized carbons (Fsp3) is 0.407. The first-order valence-electron chi connectivity index (χ1n) is 12.0. The highest BCUT2D eigenvalue weighted by atomic mass is 16.5. The largest absolute Gasteiger partial charge is 0.497 e. The number of carbonyl (C=O) groups is 1. The molecule has 3 aromatic rings. The molecule has 7 nitrogen and oxygen atoms in total. The second-order valence-electron chi connectivity index (χ2n) is 8.67. The van der Waals surface area contributed by atoms with Crippen LogP contribution >= 0.6 is 0 Å². The van der Waals surface area contributed by atoms with Gasteiger partial charge in [0.2, 0.25) is 5.78 Å². The predicted octanol–water partition coefficient (Wildman–Crippen LogP) is 3.56. The number of nitrogens with zero attached hydrogens (tertiary/aromatic N) is 4. The van der Waals surface area contributed by atoms with Gasteiger partial charge in [-0.2, -0.15) is 0 Å². The summed E-state index contributed by atoms with van der Waals surface area (Å²) in [7, 11) is 1.60. The van der Waals surface area contributed by atoms with Crippen LogP contribution in [0, 0.1) is 6.92 Å². The molecule has 1 fully saturated rings. The van der Waals surface area contributed by atoms with Gasteiger partial charge in [0.1, 0.15) is 11.4 Å². The summed E-state index contributed by atoms with van der Waals surface area (Å²) >= 11 is 0. The number of rotatable bonds is 8. The Morgan fingerprint density at radius 1 is 0.912 bits per heavy atom. The summed E-state index contributed by atoms with van der Waals surface area (Å²) < 4.78 is 8.61. The number of ketones is 1. The molecule has 0 atom stereocenters. The van der Waals surface area contributed by atoms with Crippen molar-refractivity contribution in [1.29, 1.82) is 0 Å². The van der Waals surface area contributed by atoms with E-state index in [1.54, 1.807) is 40.5 Å². The van der Waals surface area contributed by atoms with Gasteiger partial charge in [0.15, 0.2) is 0 Å². The molecule has 2 heterocycles. The molecule has 0 unspecified atom stereocenters. The number of carbonyl (C=O) groups excluding carboxylic acids is 1. The van der Waals surface area contributed by atoms with Crippen LogP contribution in [0.3, 0.4) is 0 Å². The third-order valence-electron chi connectivity index (χ3n) is 6.73. The second-order valence-corrected chi connectivity index (χ2v) is 8.67. The van der Waals surface area contributed by atoms with Crippen LogP contribution in [-0.2, 0) is 19.6 Å². The zero-order valence-corrected chi connectivity index (χ0v) is 20.6. The van der Waals surface area contributed by atoms with Gasteiger partial charge in [-0.25, -0.2) is 4.79 Å². The summed E-state index contributed by atoms with van der Waals surface area (Å²) in [5.41, 5.74) is 4.31. The van der Waals surface area contributed by atoms with Crippen LogP contribution in [0.25, 0.3) is 0 Å². The van der Waals surface area contributed by atoms with E-state index in [0.29, 0.717) is 36.6 Å². The second kappa shape index (κ2) is 10.3. The Bertz CT molecular complexity index is 1200. The predicted molar refractivity (Wildman–Crippen MR) is 135 cm³/mol. The van der Waals surface area contributed by atoms with E-state index in [1.807, 2.05) is 13.8 Å². The van der Waals surface area contributed by atoms with Crippen LogP contribution in [0.1, 0.15) is 41.2 Å². The standard InChI is InChI=1S/C27H34N4O3/c1-5-30-24(19-28-15-17-29(18-16-28)23-10-8-7-9-20(23)3)25(31(6-2)27(30)33)26(32)21-11-13-22(34-4)14-12-21/h7-14H,5-6,15-19H2,1-4H3. The summed E-state index contributed by atoms with van der Waals surface area (Å²) in [5.74, 6) is 0.574. The number of hydrogen-bond acceptors (Lipinski definition) is 5. The Morgan fingerprint density at radius 2 is 1.56 bits per heavy atom. The number of piperazine rings is 1. The molecular weight excluding hydrogens is 428 g/mol. The van der Waals surface area contributed by atoms with E-state index in [1.165, 1.54) is 11.3 Å². The van der Waals surface area contributed by atoms with Gasteiger partial charge in [0.25, 0.3) is 0 Å². The molecular formula is C27H34N4O3. The minimum Gasteiger partial charge on any atom is -0.497 e. The van der Waals surface area contributed by atoms with Crippen molar-refractivity contribution in [2.45, 2.75) is 40.4 Å². The molecule has 34 heavy (non-hydrogen) atoms. The Morgan fingerprint density at radius 3 is 2.15 bits per heavy atom. The van der Waals surface area contributed by atoms with Crippen molar-refractivity contribution in [3.05, 3.63) is 81.5 Å². The number of hydrogen-bond donors (Lipinski definition) is 0. The lowest BCUT2D eigenvalue weighted by Gasteiger charge is -2.37. The summed E-state index contributed by atoms with van der Waals surface area (Å²) in [4.78, 5) is 31.5. The first-order valence-corrected chi connectivity index (χ1v) is 12.0. The van der Waals surface area contributed by atoms with Gasteiger partial charge in [-0.05, 0) is 56.7 Å². The molecule has 4 rings (SSSR count). The summed E-state index contributed by atoms with van der Waals surface area (Å²) in [6.07, 6.45) is 0. The number of aryl methyl sites for hydroxylation is 1. The molecule has 0 bridgehead atoms. The van der Waals surface area contributed by atoms with E-state index in [9.17, 15) is 9.59 Å². The minimum absolute atomic E-state index is 0.115. The molecule has 0 spiro atoms. The van der Waals surface area contributed by atoms with Crippen molar-refractivity contribution < 1.29 is 9.53 Å². The van der Waals surface area contributed by atoms with E-state index in [4.69, 9.17) is 4.74 Å². The Balaban J connectivity index is 1.61. The van der Waals surface area contributed by atoms with Gasteiger partial charge in [-0.1, -0.05) is 18.2 Å². The maximum Gasteiger partial charge on any atom is 0.328 e. The lowest BCUT2D eigenvalue weighted by atomic mass is 10.1. The van der Waals surface area contributed by atoms with Crippen LogP contribution in [0.5, 0.6) is 5.75 Å². The van der Waals surface area contributed by atoms with Crippen LogP contribution in [0.2, 0.25) is 0 Å². The number of para-hydroxylation sites is 1. The number of methoxy groups -OCH3 is 1. The molecule has 7 heteroatoms.